The lowest BCUT2D eigenvalue weighted by Gasteiger charge is -2.08. The standard InChI is InChI=1S/C18H16Cl2N4O2S/c1-24-16(10-26-15-8-7-12(19)9-14(15)20)22-23-18(24)27-11-17(25)21-13-5-3-2-4-6-13/h2-9H,10-11H2,1H3,(H,21,25). The van der Waals surface area contributed by atoms with Gasteiger partial charge in [0.15, 0.2) is 11.0 Å². The van der Waals surface area contributed by atoms with Crippen molar-refractivity contribution in [2.75, 3.05) is 11.1 Å². The first-order chi connectivity index (χ1) is 13.0. The van der Waals surface area contributed by atoms with Crippen LogP contribution in [0.15, 0.2) is 53.7 Å². The van der Waals surface area contributed by atoms with Gasteiger partial charge in [0.2, 0.25) is 5.91 Å². The number of thioether (sulfide) groups is 1. The summed E-state index contributed by atoms with van der Waals surface area (Å²) < 4.78 is 7.46. The molecule has 0 spiro atoms. The minimum atomic E-state index is -0.111. The van der Waals surface area contributed by atoms with Gasteiger partial charge in [0.25, 0.3) is 0 Å². The summed E-state index contributed by atoms with van der Waals surface area (Å²) in [7, 11) is 1.82. The third-order valence-corrected chi connectivity index (χ3v) is 5.12. The van der Waals surface area contributed by atoms with Crippen LogP contribution in [0.4, 0.5) is 5.69 Å². The minimum Gasteiger partial charge on any atom is -0.484 e. The van der Waals surface area contributed by atoms with Crippen molar-refractivity contribution in [1.82, 2.24) is 14.8 Å². The molecular weight excluding hydrogens is 407 g/mol. The predicted molar refractivity (Wildman–Crippen MR) is 108 cm³/mol. The largest absolute Gasteiger partial charge is 0.484 e. The average Bonchev–Trinajstić information content (AvgIpc) is 3.00. The first-order valence-electron chi connectivity index (χ1n) is 7.97. The van der Waals surface area contributed by atoms with Crippen LogP contribution >= 0.6 is 35.0 Å². The summed E-state index contributed by atoms with van der Waals surface area (Å²) in [5, 5.41) is 12.6. The van der Waals surface area contributed by atoms with Crippen LogP contribution < -0.4 is 10.1 Å². The molecule has 3 rings (SSSR count). The van der Waals surface area contributed by atoms with Crippen molar-refractivity contribution in [3.8, 4) is 5.75 Å². The molecular formula is C18H16Cl2N4O2S. The van der Waals surface area contributed by atoms with Crippen LogP contribution in [0.1, 0.15) is 5.82 Å². The van der Waals surface area contributed by atoms with E-state index in [0.717, 1.165) is 5.69 Å². The summed E-state index contributed by atoms with van der Waals surface area (Å²) in [6.07, 6.45) is 0. The number of carbonyl (C=O) groups excluding carboxylic acids is 1. The highest BCUT2D eigenvalue weighted by atomic mass is 35.5. The van der Waals surface area contributed by atoms with Gasteiger partial charge in [-0.15, -0.1) is 10.2 Å². The van der Waals surface area contributed by atoms with E-state index in [1.807, 2.05) is 37.4 Å². The van der Waals surface area contributed by atoms with Gasteiger partial charge in [-0.3, -0.25) is 4.79 Å². The fourth-order valence-electron chi connectivity index (χ4n) is 2.18. The van der Waals surface area contributed by atoms with Crippen LogP contribution in [0.3, 0.4) is 0 Å². The molecule has 1 amide bonds. The van der Waals surface area contributed by atoms with Crippen LogP contribution in [0, 0.1) is 0 Å². The Hall–Kier alpha value is -2.22. The first kappa shape index (κ1) is 19.5. The highest BCUT2D eigenvalue weighted by Gasteiger charge is 2.13. The number of nitrogens with zero attached hydrogens (tertiary/aromatic N) is 3. The van der Waals surface area contributed by atoms with Gasteiger partial charge in [-0.2, -0.15) is 0 Å². The molecule has 3 aromatic rings. The maximum Gasteiger partial charge on any atom is 0.234 e. The SMILES string of the molecule is Cn1c(COc2ccc(Cl)cc2Cl)nnc1SCC(=O)Nc1ccccc1. The zero-order valence-electron chi connectivity index (χ0n) is 14.4. The van der Waals surface area contributed by atoms with Crippen LogP contribution in [0.25, 0.3) is 0 Å². The van der Waals surface area contributed by atoms with E-state index >= 15 is 0 Å². The quantitative estimate of drug-likeness (QED) is 0.570. The Morgan fingerprint density at radius 2 is 1.96 bits per heavy atom. The molecule has 0 radical (unpaired) electrons. The van der Waals surface area contributed by atoms with Crippen molar-refractivity contribution in [3.05, 3.63) is 64.4 Å². The van der Waals surface area contributed by atoms with E-state index in [1.165, 1.54) is 11.8 Å². The van der Waals surface area contributed by atoms with E-state index in [1.54, 1.807) is 22.8 Å². The number of ether oxygens (including phenoxy) is 1. The molecule has 0 saturated carbocycles. The van der Waals surface area contributed by atoms with Gasteiger partial charge in [0.1, 0.15) is 12.4 Å². The number of hydrogen-bond donors (Lipinski definition) is 1. The Balaban J connectivity index is 1.54. The zero-order chi connectivity index (χ0) is 19.2. The Morgan fingerprint density at radius 1 is 1.19 bits per heavy atom. The molecule has 0 aliphatic carbocycles. The maximum atomic E-state index is 12.0. The van der Waals surface area contributed by atoms with Crippen molar-refractivity contribution >= 4 is 46.6 Å². The molecule has 0 saturated heterocycles. The smallest absolute Gasteiger partial charge is 0.234 e. The van der Waals surface area contributed by atoms with Crippen LogP contribution in [-0.2, 0) is 18.4 Å². The maximum absolute atomic E-state index is 12.0. The number of rotatable bonds is 7. The topological polar surface area (TPSA) is 69.0 Å². The summed E-state index contributed by atoms with van der Waals surface area (Å²) in [6, 6.07) is 14.3. The van der Waals surface area contributed by atoms with E-state index in [0.29, 0.717) is 26.8 Å². The normalized spacial score (nSPS) is 10.6. The molecule has 0 bridgehead atoms. The Morgan fingerprint density at radius 3 is 2.70 bits per heavy atom. The summed E-state index contributed by atoms with van der Waals surface area (Å²) in [4.78, 5) is 12.0. The lowest BCUT2D eigenvalue weighted by Crippen LogP contribution is -2.14. The van der Waals surface area contributed by atoms with Crippen LogP contribution in [-0.4, -0.2) is 26.4 Å². The average molecular weight is 423 g/mol. The number of hydrogen-bond acceptors (Lipinski definition) is 5. The number of amides is 1. The summed E-state index contributed by atoms with van der Waals surface area (Å²) in [5.41, 5.74) is 0.759. The molecule has 0 atom stereocenters. The molecule has 2 aromatic carbocycles. The van der Waals surface area contributed by atoms with Gasteiger partial charge in [-0.1, -0.05) is 53.2 Å². The number of nitrogens with one attached hydrogen (secondary N) is 1. The Bertz CT molecular complexity index is 934. The highest BCUT2D eigenvalue weighted by Crippen LogP contribution is 2.28. The number of anilines is 1. The van der Waals surface area contributed by atoms with Crippen molar-refractivity contribution in [2.45, 2.75) is 11.8 Å². The second-order valence-corrected chi connectivity index (χ2v) is 7.31. The molecule has 0 aliphatic heterocycles. The molecule has 6 nitrogen and oxygen atoms in total. The second kappa shape index (κ2) is 9.12. The number of para-hydroxylation sites is 1. The molecule has 1 aromatic heterocycles. The Labute approximate surface area is 170 Å². The molecule has 9 heteroatoms. The molecule has 27 heavy (non-hydrogen) atoms. The molecule has 0 aliphatic rings. The predicted octanol–water partition coefficient (Wildman–Crippen LogP) is 4.43. The third kappa shape index (κ3) is 5.38. The summed E-state index contributed by atoms with van der Waals surface area (Å²) >= 11 is 13.3. The summed E-state index contributed by atoms with van der Waals surface area (Å²) in [5.74, 6) is 1.25. The van der Waals surface area contributed by atoms with Gasteiger partial charge >= 0.3 is 0 Å². The first-order valence-corrected chi connectivity index (χ1v) is 9.71. The van der Waals surface area contributed by atoms with E-state index in [2.05, 4.69) is 15.5 Å². The third-order valence-electron chi connectivity index (χ3n) is 3.57. The van der Waals surface area contributed by atoms with Gasteiger partial charge in [0.05, 0.1) is 10.8 Å². The van der Waals surface area contributed by atoms with E-state index < -0.39 is 0 Å². The number of halogens is 2. The lowest BCUT2D eigenvalue weighted by molar-refractivity contribution is -0.113. The number of aromatic nitrogens is 3. The van der Waals surface area contributed by atoms with Crippen LogP contribution in [0.5, 0.6) is 5.75 Å². The van der Waals surface area contributed by atoms with Crippen molar-refractivity contribution < 1.29 is 9.53 Å². The number of benzene rings is 2. The van der Waals surface area contributed by atoms with Crippen LogP contribution in [0.2, 0.25) is 10.0 Å². The monoisotopic (exact) mass is 422 g/mol. The zero-order valence-corrected chi connectivity index (χ0v) is 16.7. The van der Waals surface area contributed by atoms with Gasteiger partial charge in [0, 0.05) is 17.8 Å². The Kier molecular flexibility index (Phi) is 6.60. The van der Waals surface area contributed by atoms with Crippen molar-refractivity contribution in [2.24, 2.45) is 7.05 Å². The highest BCUT2D eigenvalue weighted by molar-refractivity contribution is 7.99. The van der Waals surface area contributed by atoms with E-state index in [-0.39, 0.29) is 18.3 Å². The number of carbonyl (C=O) groups is 1. The molecule has 1 N–H and O–H groups in total. The second-order valence-electron chi connectivity index (χ2n) is 5.52. The lowest BCUT2D eigenvalue weighted by atomic mass is 10.3. The summed E-state index contributed by atoms with van der Waals surface area (Å²) in [6.45, 7) is 0.196. The van der Waals surface area contributed by atoms with E-state index in [4.69, 9.17) is 27.9 Å². The fourth-order valence-corrected chi connectivity index (χ4v) is 3.37. The van der Waals surface area contributed by atoms with Gasteiger partial charge in [-0.05, 0) is 30.3 Å². The van der Waals surface area contributed by atoms with Gasteiger partial charge < -0.3 is 14.6 Å². The van der Waals surface area contributed by atoms with Gasteiger partial charge in [-0.25, -0.2) is 0 Å². The molecule has 1 heterocycles. The minimum absolute atomic E-state index is 0.111. The van der Waals surface area contributed by atoms with E-state index in [9.17, 15) is 4.79 Å². The fraction of sp³-hybridized carbons (Fsp3) is 0.167. The van der Waals surface area contributed by atoms with Crippen molar-refractivity contribution in [1.29, 1.82) is 0 Å². The molecule has 140 valence electrons. The molecule has 0 fully saturated rings. The molecule has 0 unspecified atom stereocenters. The van der Waals surface area contributed by atoms with Crippen molar-refractivity contribution in [3.63, 3.8) is 0 Å².